The normalized spacial score (nSPS) is 18.1. The van der Waals surface area contributed by atoms with Gasteiger partial charge in [-0.25, -0.2) is 0 Å². The van der Waals surface area contributed by atoms with E-state index in [9.17, 15) is 5.11 Å². The molecule has 2 aromatic carbocycles. The predicted octanol–water partition coefficient (Wildman–Crippen LogP) is 5.83. The van der Waals surface area contributed by atoms with E-state index < -0.39 is 0 Å². The molecule has 2 atom stereocenters. The number of aryl methyl sites for hydroxylation is 1. The third-order valence-electron chi connectivity index (χ3n) is 5.73. The van der Waals surface area contributed by atoms with Gasteiger partial charge in [-0.3, -0.25) is 4.98 Å². The lowest BCUT2D eigenvalue weighted by atomic mass is 10.0. The standard InChI is InChI=1S/C25H21BrN4OS/c1-16-15-18(9-12-20(16)26)30-24(23(28-25(30)32)21-5-2-3-13-27-21)22-6-4-14-29(22)17-7-10-19(31)11-8-17/h2-15,23-24,31H,1H3,(H,28,32). The number of phenols is 1. The summed E-state index contributed by atoms with van der Waals surface area (Å²) in [5.74, 6) is 0.240. The number of hydrogen-bond donors (Lipinski definition) is 2. The molecule has 0 radical (unpaired) electrons. The van der Waals surface area contributed by atoms with E-state index in [0.717, 1.165) is 32.8 Å². The molecule has 32 heavy (non-hydrogen) atoms. The third kappa shape index (κ3) is 3.67. The summed E-state index contributed by atoms with van der Waals surface area (Å²) >= 11 is 9.44. The Bertz CT molecular complexity index is 1270. The summed E-state index contributed by atoms with van der Waals surface area (Å²) in [6, 6.07) is 23.3. The largest absolute Gasteiger partial charge is 0.508 e. The fourth-order valence-electron chi connectivity index (χ4n) is 4.20. The van der Waals surface area contributed by atoms with Crippen molar-refractivity contribution in [1.29, 1.82) is 0 Å². The van der Waals surface area contributed by atoms with E-state index in [4.69, 9.17) is 12.2 Å². The Morgan fingerprint density at radius 1 is 1.00 bits per heavy atom. The summed E-state index contributed by atoms with van der Waals surface area (Å²) in [6.45, 7) is 2.07. The highest BCUT2D eigenvalue weighted by molar-refractivity contribution is 9.10. The topological polar surface area (TPSA) is 53.3 Å². The van der Waals surface area contributed by atoms with Gasteiger partial charge in [-0.15, -0.1) is 0 Å². The molecule has 2 N–H and O–H groups in total. The van der Waals surface area contributed by atoms with Crippen molar-refractivity contribution < 1.29 is 5.11 Å². The first-order chi connectivity index (χ1) is 15.5. The van der Waals surface area contributed by atoms with Crippen molar-refractivity contribution in [3.8, 4) is 11.4 Å². The van der Waals surface area contributed by atoms with Gasteiger partial charge >= 0.3 is 0 Å². The lowest BCUT2D eigenvalue weighted by molar-refractivity contribution is 0.475. The number of anilines is 1. The molecule has 1 aliphatic rings. The number of benzene rings is 2. The summed E-state index contributed by atoms with van der Waals surface area (Å²) in [4.78, 5) is 6.80. The molecule has 5 nitrogen and oxygen atoms in total. The van der Waals surface area contributed by atoms with Crippen LogP contribution in [0.25, 0.3) is 5.69 Å². The van der Waals surface area contributed by atoms with Crippen LogP contribution in [0.3, 0.4) is 0 Å². The molecular formula is C25H21BrN4OS. The van der Waals surface area contributed by atoms with Gasteiger partial charge in [0, 0.05) is 33.9 Å². The van der Waals surface area contributed by atoms with Gasteiger partial charge in [0.1, 0.15) is 11.8 Å². The number of thiocarbonyl (C=S) groups is 1. The van der Waals surface area contributed by atoms with E-state index in [1.54, 1.807) is 12.1 Å². The van der Waals surface area contributed by atoms with Crippen molar-refractivity contribution >= 4 is 38.9 Å². The van der Waals surface area contributed by atoms with Gasteiger partial charge in [-0.1, -0.05) is 22.0 Å². The van der Waals surface area contributed by atoms with Gasteiger partial charge in [0.05, 0.1) is 11.7 Å². The van der Waals surface area contributed by atoms with Crippen molar-refractivity contribution in [2.45, 2.75) is 19.0 Å². The molecule has 5 rings (SSSR count). The number of phenolic OH excluding ortho intramolecular Hbond substituents is 1. The number of aromatic hydroxyl groups is 1. The minimum atomic E-state index is -0.126. The van der Waals surface area contributed by atoms with Crippen molar-refractivity contribution in [2.24, 2.45) is 0 Å². The second kappa shape index (κ2) is 8.41. The number of nitrogens with zero attached hydrogens (tertiary/aromatic N) is 3. The molecule has 0 spiro atoms. The Morgan fingerprint density at radius 2 is 1.78 bits per heavy atom. The Labute approximate surface area is 200 Å². The maximum absolute atomic E-state index is 9.74. The zero-order chi connectivity index (χ0) is 22.2. The maximum atomic E-state index is 9.74. The summed E-state index contributed by atoms with van der Waals surface area (Å²) in [5, 5.41) is 13.9. The van der Waals surface area contributed by atoms with Gasteiger partial charge in [0.2, 0.25) is 0 Å². The van der Waals surface area contributed by atoms with E-state index in [1.165, 1.54) is 0 Å². The van der Waals surface area contributed by atoms with E-state index >= 15 is 0 Å². The summed E-state index contributed by atoms with van der Waals surface area (Å²) < 4.78 is 3.19. The molecule has 0 amide bonds. The minimum Gasteiger partial charge on any atom is -0.508 e. The molecule has 1 aliphatic heterocycles. The number of hydrogen-bond acceptors (Lipinski definition) is 3. The molecule has 4 aromatic rings. The molecule has 3 heterocycles. The second-order valence-electron chi connectivity index (χ2n) is 7.75. The first-order valence-corrected chi connectivity index (χ1v) is 11.5. The zero-order valence-electron chi connectivity index (χ0n) is 17.3. The van der Waals surface area contributed by atoms with Crippen molar-refractivity contribution in [3.63, 3.8) is 0 Å². The molecule has 1 fully saturated rings. The lowest BCUT2D eigenvalue weighted by Crippen LogP contribution is -2.30. The Kier molecular flexibility index (Phi) is 5.45. The molecular weight excluding hydrogens is 484 g/mol. The first kappa shape index (κ1) is 20.7. The first-order valence-electron chi connectivity index (χ1n) is 10.3. The van der Waals surface area contributed by atoms with Crippen molar-refractivity contribution in [3.05, 3.63) is 107 Å². The number of aromatic nitrogens is 2. The van der Waals surface area contributed by atoms with Crippen LogP contribution < -0.4 is 10.2 Å². The molecule has 2 unspecified atom stereocenters. The molecule has 160 valence electrons. The number of pyridine rings is 1. The Morgan fingerprint density at radius 3 is 2.50 bits per heavy atom. The SMILES string of the molecule is Cc1cc(N2C(=S)NC(c3ccccn3)C2c2cccn2-c2ccc(O)cc2)ccc1Br. The van der Waals surface area contributed by atoms with Crippen LogP contribution in [0.15, 0.2) is 89.7 Å². The van der Waals surface area contributed by atoms with E-state index in [-0.39, 0.29) is 17.8 Å². The van der Waals surface area contributed by atoms with Crippen LogP contribution in [0.1, 0.15) is 29.0 Å². The molecule has 2 aromatic heterocycles. The maximum Gasteiger partial charge on any atom is 0.174 e. The van der Waals surface area contributed by atoms with E-state index in [0.29, 0.717) is 5.11 Å². The molecule has 7 heteroatoms. The average molecular weight is 505 g/mol. The summed E-state index contributed by atoms with van der Waals surface area (Å²) in [6.07, 6.45) is 3.84. The van der Waals surface area contributed by atoms with Gasteiger partial charge < -0.3 is 19.9 Å². The van der Waals surface area contributed by atoms with Crippen LogP contribution >= 0.6 is 28.1 Å². The van der Waals surface area contributed by atoms with Crippen LogP contribution in [0.2, 0.25) is 0 Å². The van der Waals surface area contributed by atoms with Crippen LogP contribution in [-0.2, 0) is 0 Å². The number of nitrogens with one attached hydrogen (secondary N) is 1. The number of rotatable bonds is 4. The highest BCUT2D eigenvalue weighted by Crippen LogP contribution is 2.42. The van der Waals surface area contributed by atoms with Crippen molar-refractivity contribution in [2.75, 3.05) is 4.90 Å². The fraction of sp³-hybridized carbons (Fsp3) is 0.120. The van der Waals surface area contributed by atoms with Gasteiger partial charge in [-0.05, 0) is 91.4 Å². The Hall–Kier alpha value is -3.16. The number of halogens is 1. The van der Waals surface area contributed by atoms with Gasteiger partial charge in [0.15, 0.2) is 5.11 Å². The highest BCUT2D eigenvalue weighted by atomic mass is 79.9. The van der Waals surface area contributed by atoms with Crippen LogP contribution in [0, 0.1) is 6.92 Å². The molecule has 0 saturated carbocycles. The van der Waals surface area contributed by atoms with Gasteiger partial charge in [-0.2, -0.15) is 0 Å². The highest BCUT2D eigenvalue weighted by Gasteiger charge is 2.42. The second-order valence-corrected chi connectivity index (χ2v) is 8.99. The molecule has 0 aliphatic carbocycles. The molecule has 1 saturated heterocycles. The van der Waals surface area contributed by atoms with Crippen LogP contribution in [0.5, 0.6) is 5.75 Å². The summed E-state index contributed by atoms with van der Waals surface area (Å²) in [7, 11) is 0. The smallest absolute Gasteiger partial charge is 0.174 e. The quantitative estimate of drug-likeness (QED) is 0.342. The summed E-state index contributed by atoms with van der Waals surface area (Å²) in [5.41, 5.74) is 5.12. The van der Waals surface area contributed by atoms with Crippen LogP contribution in [-0.4, -0.2) is 19.8 Å². The van der Waals surface area contributed by atoms with E-state index in [1.807, 2.05) is 48.8 Å². The Balaban J connectivity index is 1.67. The lowest BCUT2D eigenvalue weighted by Gasteiger charge is -2.29. The van der Waals surface area contributed by atoms with Crippen LogP contribution in [0.4, 0.5) is 5.69 Å². The third-order valence-corrected chi connectivity index (χ3v) is 6.93. The fourth-order valence-corrected chi connectivity index (χ4v) is 4.79. The minimum absolute atomic E-state index is 0.123. The predicted molar refractivity (Wildman–Crippen MR) is 134 cm³/mol. The molecule has 0 bridgehead atoms. The van der Waals surface area contributed by atoms with E-state index in [2.05, 4.69) is 66.9 Å². The van der Waals surface area contributed by atoms with Gasteiger partial charge in [0.25, 0.3) is 0 Å². The monoisotopic (exact) mass is 504 g/mol. The zero-order valence-corrected chi connectivity index (χ0v) is 19.7. The van der Waals surface area contributed by atoms with Crippen molar-refractivity contribution in [1.82, 2.24) is 14.9 Å². The average Bonchev–Trinajstić information content (AvgIpc) is 3.41.